The van der Waals surface area contributed by atoms with E-state index in [2.05, 4.69) is 19.9 Å². The molecule has 2 amide bonds. The Labute approximate surface area is 144 Å². The molecule has 1 heterocycles. The summed E-state index contributed by atoms with van der Waals surface area (Å²) in [6.07, 6.45) is 10.6. The third-order valence-corrected chi connectivity index (χ3v) is 5.61. The first kappa shape index (κ1) is 17.1. The Kier molecular flexibility index (Phi) is 5.02. The van der Waals surface area contributed by atoms with Gasteiger partial charge in [0.15, 0.2) is 0 Å². The van der Waals surface area contributed by atoms with E-state index in [-0.39, 0.29) is 35.4 Å². The van der Waals surface area contributed by atoms with Crippen LogP contribution in [0.4, 0.5) is 0 Å². The lowest BCUT2D eigenvalue weighted by atomic mass is 9.80. The summed E-state index contributed by atoms with van der Waals surface area (Å²) in [5.74, 6) is 0.333. The van der Waals surface area contributed by atoms with Gasteiger partial charge in [-0.05, 0) is 44.9 Å². The van der Waals surface area contributed by atoms with E-state index in [0.29, 0.717) is 25.3 Å². The summed E-state index contributed by atoms with van der Waals surface area (Å²) >= 11 is 0. The van der Waals surface area contributed by atoms with Crippen LogP contribution < -0.4 is 0 Å². The fraction of sp³-hybridized carbons (Fsp3) is 0.650. The number of likely N-dealkylation sites (tertiary alicyclic amines) is 1. The Bertz CT molecular complexity index is 604. The number of hydrogen-bond acceptors (Lipinski definition) is 3. The molecule has 130 valence electrons. The molecule has 0 aromatic carbocycles. The second-order valence-electron chi connectivity index (χ2n) is 7.66. The molecule has 1 fully saturated rings. The average Bonchev–Trinajstić information content (AvgIpc) is 2.79. The van der Waals surface area contributed by atoms with E-state index in [1.807, 2.05) is 12.2 Å². The van der Waals surface area contributed by atoms with Crippen molar-refractivity contribution in [2.45, 2.75) is 52.4 Å². The quantitative estimate of drug-likeness (QED) is 0.574. The smallest absolute Gasteiger partial charge is 0.236 e. The summed E-state index contributed by atoms with van der Waals surface area (Å²) in [6.45, 7) is 4.63. The topological polar surface area (TPSA) is 54.5 Å². The van der Waals surface area contributed by atoms with E-state index in [4.69, 9.17) is 0 Å². The molecule has 2 aliphatic carbocycles. The highest BCUT2D eigenvalue weighted by molar-refractivity contribution is 6.06. The number of ketones is 1. The lowest BCUT2D eigenvalue weighted by molar-refractivity contribution is -0.140. The molecule has 4 heteroatoms. The van der Waals surface area contributed by atoms with Crippen molar-refractivity contribution in [1.82, 2.24) is 4.90 Å². The van der Waals surface area contributed by atoms with E-state index in [0.717, 1.165) is 25.7 Å². The number of imide groups is 1. The lowest BCUT2D eigenvalue weighted by Crippen LogP contribution is -2.32. The molecule has 0 aromatic rings. The molecular weight excluding hydrogens is 302 g/mol. The number of nitrogens with zero attached hydrogens (tertiary/aromatic N) is 1. The number of rotatable bonds is 5. The highest BCUT2D eigenvalue weighted by Crippen LogP contribution is 2.34. The van der Waals surface area contributed by atoms with Gasteiger partial charge in [-0.1, -0.05) is 30.7 Å². The summed E-state index contributed by atoms with van der Waals surface area (Å²) in [4.78, 5) is 38.6. The second kappa shape index (κ2) is 7.04. The van der Waals surface area contributed by atoms with Crippen LogP contribution >= 0.6 is 0 Å². The Morgan fingerprint density at radius 1 is 1.29 bits per heavy atom. The maximum absolute atomic E-state index is 12.5. The van der Waals surface area contributed by atoms with Gasteiger partial charge < -0.3 is 0 Å². The van der Waals surface area contributed by atoms with Gasteiger partial charge in [0.05, 0.1) is 11.8 Å². The van der Waals surface area contributed by atoms with Crippen molar-refractivity contribution < 1.29 is 14.4 Å². The van der Waals surface area contributed by atoms with Crippen molar-refractivity contribution in [3.63, 3.8) is 0 Å². The molecule has 0 aromatic heterocycles. The minimum Gasteiger partial charge on any atom is -0.299 e. The van der Waals surface area contributed by atoms with Crippen molar-refractivity contribution in [2.75, 3.05) is 6.54 Å². The van der Waals surface area contributed by atoms with Crippen molar-refractivity contribution in [2.24, 2.45) is 23.7 Å². The van der Waals surface area contributed by atoms with Crippen LogP contribution in [0.25, 0.3) is 0 Å². The van der Waals surface area contributed by atoms with E-state index < -0.39 is 0 Å². The molecule has 3 aliphatic rings. The van der Waals surface area contributed by atoms with Gasteiger partial charge in [-0.3, -0.25) is 19.3 Å². The molecule has 4 atom stereocenters. The Hall–Kier alpha value is -1.71. The number of carbonyl (C=O) groups is 3. The van der Waals surface area contributed by atoms with Gasteiger partial charge in [0, 0.05) is 18.9 Å². The number of Topliss-reactive ketones (excluding diaryl/α,β-unsaturated/α-hetero) is 1. The molecular formula is C20H27NO3. The highest BCUT2D eigenvalue weighted by atomic mass is 16.2. The first-order valence-electron chi connectivity index (χ1n) is 9.19. The van der Waals surface area contributed by atoms with Crippen LogP contribution in [-0.2, 0) is 14.4 Å². The Morgan fingerprint density at radius 3 is 2.79 bits per heavy atom. The molecule has 1 saturated heterocycles. The molecule has 0 saturated carbocycles. The first-order valence-corrected chi connectivity index (χ1v) is 9.19. The largest absolute Gasteiger partial charge is 0.299 e. The van der Waals surface area contributed by atoms with Gasteiger partial charge >= 0.3 is 0 Å². The highest BCUT2D eigenvalue weighted by Gasteiger charge is 2.46. The predicted molar refractivity (Wildman–Crippen MR) is 92.0 cm³/mol. The zero-order valence-corrected chi connectivity index (χ0v) is 14.7. The molecule has 24 heavy (non-hydrogen) atoms. The van der Waals surface area contributed by atoms with Gasteiger partial charge in [0.25, 0.3) is 0 Å². The van der Waals surface area contributed by atoms with Crippen LogP contribution in [0.1, 0.15) is 52.4 Å². The molecule has 4 nitrogen and oxygen atoms in total. The fourth-order valence-corrected chi connectivity index (χ4v) is 4.48. The second-order valence-corrected chi connectivity index (χ2v) is 7.66. The molecule has 4 unspecified atom stereocenters. The van der Waals surface area contributed by atoms with Crippen LogP contribution in [0.5, 0.6) is 0 Å². The van der Waals surface area contributed by atoms with Gasteiger partial charge in [0.1, 0.15) is 5.78 Å². The summed E-state index contributed by atoms with van der Waals surface area (Å²) < 4.78 is 0. The van der Waals surface area contributed by atoms with Crippen molar-refractivity contribution >= 4 is 17.6 Å². The predicted octanol–water partition coefficient (Wildman–Crippen LogP) is 3.28. The summed E-state index contributed by atoms with van der Waals surface area (Å²) in [5.41, 5.74) is 1.30. The maximum Gasteiger partial charge on any atom is 0.236 e. The maximum atomic E-state index is 12.5. The van der Waals surface area contributed by atoms with Gasteiger partial charge in [0.2, 0.25) is 11.8 Å². The number of allylic oxidation sites excluding steroid dienone is 3. The molecule has 1 aliphatic heterocycles. The molecule has 3 rings (SSSR count). The van der Waals surface area contributed by atoms with E-state index in [1.54, 1.807) is 0 Å². The van der Waals surface area contributed by atoms with E-state index >= 15 is 0 Å². The van der Waals surface area contributed by atoms with Gasteiger partial charge in [-0.15, -0.1) is 0 Å². The van der Waals surface area contributed by atoms with Crippen molar-refractivity contribution in [3.05, 3.63) is 23.8 Å². The van der Waals surface area contributed by atoms with Gasteiger partial charge in [-0.25, -0.2) is 0 Å². The lowest BCUT2D eigenvalue weighted by Gasteiger charge is -2.24. The standard InChI is InChI=1S/C20H27NO3/c1-13-10-14(2)12-15(11-13)18(22)8-5-9-21-19(23)16-6-3-4-7-17(16)20(21)24/h3,6,10,13,15-17H,4-5,7-9,11-12H2,1-2H3. The Morgan fingerprint density at radius 2 is 2.08 bits per heavy atom. The van der Waals surface area contributed by atoms with E-state index in [9.17, 15) is 14.4 Å². The number of carbonyl (C=O) groups excluding carboxylic acids is 3. The van der Waals surface area contributed by atoms with Crippen LogP contribution in [0, 0.1) is 23.7 Å². The van der Waals surface area contributed by atoms with Crippen molar-refractivity contribution in [3.8, 4) is 0 Å². The fourth-order valence-electron chi connectivity index (χ4n) is 4.48. The number of hydrogen-bond donors (Lipinski definition) is 0. The normalized spacial score (nSPS) is 32.8. The molecule has 0 bridgehead atoms. The molecule has 0 spiro atoms. The van der Waals surface area contributed by atoms with Crippen LogP contribution in [0.2, 0.25) is 0 Å². The number of amides is 2. The minimum atomic E-state index is -0.256. The average molecular weight is 329 g/mol. The first-order chi connectivity index (χ1) is 11.5. The SMILES string of the molecule is CC1=CC(C)CC(C(=O)CCCN2C(=O)C3C=CCCC3C2=O)C1. The third kappa shape index (κ3) is 3.38. The van der Waals surface area contributed by atoms with Crippen LogP contribution in [0.3, 0.4) is 0 Å². The summed E-state index contributed by atoms with van der Waals surface area (Å²) in [5, 5.41) is 0. The van der Waals surface area contributed by atoms with Crippen LogP contribution in [0.15, 0.2) is 23.8 Å². The van der Waals surface area contributed by atoms with Crippen molar-refractivity contribution in [1.29, 1.82) is 0 Å². The molecule has 0 radical (unpaired) electrons. The zero-order valence-electron chi connectivity index (χ0n) is 14.7. The van der Waals surface area contributed by atoms with E-state index in [1.165, 1.54) is 10.5 Å². The number of fused-ring (bicyclic) bond motifs is 1. The summed E-state index contributed by atoms with van der Waals surface area (Å²) in [7, 11) is 0. The zero-order chi connectivity index (χ0) is 17.3. The molecule has 0 N–H and O–H groups in total. The van der Waals surface area contributed by atoms with Crippen LogP contribution in [-0.4, -0.2) is 29.0 Å². The minimum absolute atomic E-state index is 0.0353. The monoisotopic (exact) mass is 329 g/mol. The third-order valence-electron chi connectivity index (χ3n) is 5.61. The summed E-state index contributed by atoms with van der Waals surface area (Å²) in [6, 6.07) is 0. The van der Waals surface area contributed by atoms with Gasteiger partial charge in [-0.2, -0.15) is 0 Å². The Balaban J connectivity index is 1.51.